The van der Waals surface area contributed by atoms with Crippen molar-refractivity contribution in [3.05, 3.63) is 5.82 Å². The SMILES string of the molecule is CCC(C)C1NC(=O)CCN(Cc2nnn(C)n2)C1=O. The summed E-state index contributed by atoms with van der Waals surface area (Å²) in [6.07, 6.45) is 1.13. The number of hydrogen-bond donors (Lipinski definition) is 1. The van der Waals surface area contributed by atoms with Gasteiger partial charge >= 0.3 is 0 Å². The first-order chi connectivity index (χ1) is 9.51. The molecule has 0 aromatic carbocycles. The van der Waals surface area contributed by atoms with E-state index in [1.54, 1.807) is 11.9 Å². The third-order valence-electron chi connectivity index (χ3n) is 3.60. The Bertz CT molecular complexity index is 500. The maximum atomic E-state index is 12.5. The van der Waals surface area contributed by atoms with Crippen LogP contribution in [0.2, 0.25) is 0 Å². The topological polar surface area (TPSA) is 93.0 Å². The van der Waals surface area contributed by atoms with E-state index in [0.29, 0.717) is 18.8 Å². The van der Waals surface area contributed by atoms with Crippen LogP contribution >= 0.6 is 0 Å². The van der Waals surface area contributed by atoms with Gasteiger partial charge in [-0.05, 0) is 11.1 Å². The maximum Gasteiger partial charge on any atom is 0.245 e. The molecule has 2 heterocycles. The van der Waals surface area contributed by atoms with Crippen molar-refractivity contribution in [2.45, 2.75) is 39.3 Å². The Morgan fingerprint density at radius 2 is 2.20 bits per heavy atom. The fourth-order valence-corrected chi connectivity index (χ4v) is 2.19. The van der Waals surface area contributed by atoms with Gasteiger partial charge in [0.1, 0.15) is 6.04 Å². The highest BCUT2D eigenvalue weighted by molar-refractivity contribution is 5.90. The van der Waals surface area contributed by atoms with Crippen LogP contribution in [0, 0.1) is 5.92 Å². The molecule has 1 fully saturated rings. The first-order valence-corrected chi connectivity index (χ1v) is 6.82. The Morgan fingerprint density at radius 3 is 2.80 bits per heavy atom. The second kappa shape index (κ2) is 5.98. The van der Waals surface area contributed by atoms with Gasteiger partial charge in [-0.15, -0.1) is 10.2 Å². The summed E-state index contributed by atoms with van der Waals surface area (Å²) in [5.41, 5.74) is 0. The lowest BCUT2D eigenvalue weighted by Gasteiger charge is -2.26. The fourth-order valence-electron chi connectivity index (χ4n) is 2.19. The molecule has 2 atom stereocenters. The summed E-state index contributed by atoms with van der Waals surface area (Å²) >= 11 is 0. The average molecular weight is 280 g/mol. The summed E-state index contributed by atoms with van der Waals surface area (Å²) < 4.78 is 0. The van der Waals surface area contributed by atoms with Gasteiger partial charge in [0.2, 0.25) is 11.8 Å². The number of amides is 2. The first-order valence-electron chi connectivity index (χ1n) is 6.82. The van der Waals surface area contributed by atoms with Gasteiger partial charge in [-0.1, -0.05) is 20.3 Å². The molecule has 0 bridgehead atoms. The lowest BCUT2D eigenvalue weighted by atomic mass is 9.98. The molecule has 1 saturated heterocycles. The molecular weight excluding hydrogens is 260 g/mol. The molecule has 20 heavy (non-hydrogen) atoms. The quantitative estimate of drug-likeness (QED) is 0.800. The number of aryl methyl sites for hydroxylation is 1. The number of aromatic nitrogens is 4. The van der Waals surface area contributed by atoms with E-state index < -0.39 is 6.04 Å². The van der Waals surface area contributed by atoms with Crippen molar-refractivity contribution in [3.63, 3.8) is 0 Å². The van der Waals surface area contributed by atoms with E-state index in [9.17, 15) is 9.59 Å². The Kier molecular flexibility index (Phi) is 4.31. The van der Waals surface area contributed by atoms with Gasteiger partial charge in [0.05, 0.1) is 13.6 Å². The lowest BCUT2D eigenvalue weighted by molar-refractivity contribution is -0.135. The third kappa shape index (κ3) is 3.12. The third-order valence-corrected chi connectivity index (χ3v) is 3.60. The van der Waals surface area contributed by atoms with Gasteiger partial charge in [-0.25, -0.2) is 0 Å². The van der Waals surface area contributed by atoms with Crippen LogP contribution in [-0.4, -0.2) is 49.5 Å². The van der Waals surface area contributed by atoms with Crippen LogP contribution in [0.5, 0.6) is 0 Å². The molecule has 8 nitrogen and oxygen atoms in total. The first kappa shape index (κ1) is 14.4. The van der Waals surface area contributed by atoms with Crippen molar-refractivity contribution >= 4 is 11.8 Å². The Hall–Kier alpha value is -1.99. The van der Waals surface area contributed by atoms with E-state index in [1.165, 1.54) is 4.80 Å². The standard InChI is InChI=1S/C12H20N6O2/c1-4-8(2)11-12(20)18(6-5-10(19)13-11)7-9-14-16-17(3)15-9/h8,11H,4-7H2,1-3H3,(H,13,19). The number of hydrogen-bond acceptors (Lipinski definition) is 5. The zero-order valence-electron chi connectivity index (χ0n) is 12.0. The van der Waals surface area contributed by atoms with Gasteiger partial charge in [0.25, 0.3) is 0 Å². The van der Waals surface area contributed by atoms with E-state index in [4.69, 9.17) is 0 Å². The van der Waals surface area contributed by atoms with Crippen LogP contribution in [0.15, 0.2) is 0 Å². The van der Waals surface area contributed by atoms with Crippen LogP contribution in [0.3, 0.4) is 0 Å². The fraction of sp³-hybridized carbons (Fsp3) is 0.750. The predicted octanol–water partition coefficient (Wildman–Crippen LogP) is -0.527. The number of nitrogens with zero attached hydrogens (tertiary/aromatic N) is 5. The minimum atomic E-state index is -0.466. The lowest BCUT2D eigenvalue weighted by Crippen LogP contribution is -2.48. The highest BCUT2D eigenvalue weighted by Crippen LogP contribution is 2.15. The molecule has 0 aliphatic carbocycles. The van der Waals surface area contributed by atoms with Crippen LogP contribution < -0.4 is 5.32 Å². The van der Waals surface area contributed by atoms with E-state index in [1.807, 2.05) is 13.8 Å². The monoisotopic (exact) mass is 280 g/mol. The number of carbonyl (C=O) groups excluding carboxylic acids is 2. The zero-order chi connectivity index (χ0) is 14.7. The van der Waals surface area contributed by atoms with Crippen LogP contribution in [0.4, 0.5) is 0 Å². The highest BCUT2D eigenvalue weighted by atomic mass is 16.2. The molecule has 0 spiro atoms. The van der Waals surface area contributed by atoms with Crippen molar-refractivity contribution in [2.75, 3.05) is 6.54 Å². The molecule has 1 aliphatic heterocycles. The van der Waals surface area contributed by atoms with Gasteiger partial charge in [0, 0.05) is 13.0 Å². The molecule has 8 heteroatoms. The minimum Gasteiger partial charge on any atom is -0.344 e. The van der Waals surface area contributed by atoms with E-state index in [2.05, 4.69) is 20.7 Å². The normalized spacial score (nSPS) is 21.6. The second-order valence-corrected chi connectivity index (χ2v) is 5.14. The van der Waals surface area contributed by atoms with Crippen molar-refractivity contribution in [2.24, 2.45) is 13.0 Å². The van der Waals surface area contributed by atoms with E-state index >= 15 is 0 Å². The smallest absolute Gasteiger partial charge is 0.245 e. The number of nitrogens with one attached hydrogen (secondary N) is 1. The van der Waals surface area contributed by atoms with Crippen molar-refractivity contribution in [1.82, 2.24) is 30.4 Å². The molecule has 1 aromatic heterocycles. The second-order valence-electron chi connectivity index (χ2n) is 5.14. The zero-order valence-corrected chi connectivity index (χ0v) is 12.0. The van der Waals surface area contributed by atoms with Gasteiger partial charge in [0.15, 0.2) is 5.82 Å². The molecule has 2 unspecified atom stereocenters. The summed E-state index contributed by atoms with van der Waals surface area (Å²) in [6.45, 7) is 4.64. The largest absolute Gasteiger partial charge is 0.344 e. The maximum absolute atomic E-state index is 12.5. The predicted molar refractivity (Wildman–Crippen MR) is 70.2 cm³/mol. The summed E-state index contributed by atoms with van der Waals surface area (Å²) in [6, 6.07) is -0.466. The van der Waals surface area contributed by atoms with Crippen molar-refractivity contribution in [3.8, 4) is 0 Å². The van der Waals surface area contributed by atoms with Crippen molar-refractivity contribution < 1.29 is 9.59 Å². The van der Waals surface area contributed by atoms with Gasteiger partial charge < -0.3 is 10.2 Å². The van der Waals surface area contributed by atoms with Crippen LogP contribution in [0.25, 0.3) is 0 Å². The molecule has 2 amide bonds. The number of carbonyl (C=O) groups is 2. The Balaban J connectivity index is 2.14. The molecule has 2 rings (SSSR count). The summed E-state index contributed by atoms with van der Waals surface area (Å²) in [4.78, 5) is 27.2. The molecule has 0 saturated carbocycles. The molecule has 1 aliphatic rings. The highest BCUT2D eigenvalue weighted by Gasteiger charge is 2.33. The van der Waals surface area contributed by atoms with Crippen LogP contribution in [-0.2, 0) is 23.2 Å². The van der Waals surface area contributed by atoms with Crippen molar-refractivity contribution in [1.29, 1.82) is 0 Å². The number of rotatable bonds is 4. The minimum absolute atomic E-state index is 0.0716. The van der Waals surface area contributed by atoms with E-state index in [0.717, 1.165) is 6.42 Å². The van der Waals surface area contributed by atoms with Gasteiger partial charge in [-0.3, -0.25) is 9.59 Å². The van der Waals surface area contributed by atoms with E-state index in [-0.39, 0.29) is 24.3 Å². The summed E-state index contributed by atoms with van der Waals surface area (Å²) in [5.74, 6) is 0.427. The average Bonchev–Trinajstić information content (AvgIpc) is 2.78. The Morgan fingerprint density at radius 1 is 1.45 bits per heavy atom. The Labute approximate surface area is 117 Å². The van der Waals surface area contributed by atoms with Crippen LogP contribution in [0.1, 0.15) is 32.5 Å². The van der Waals surface area contributed by atoms with Gasteiger partial charge in [-0.2, -0.15) is 4.80 Å². The number of tetrazole rings is 1. The molecule has 1 N–H and O–H groups in total. The summed E-state index contributed by atoms with van der Waals surface area (Å²) in [5, 5.41) is 14.5. The molecule has 1 aromatic rings. The molecule has 110 valence electrons. The molecule has 0 radical (unpaired) electrons. The summed E-state index contributed by atoms with van der Waals surface area (Å²) in [7, 11) is 1.67. The molecular formula is C12H20N6O2.